The van der Waals surface area contributed by atoms with Crippen molar-refractivity contribution in [2.24, 2.45) is 5.73 Å². The highest BCUT2D eigenvalue weighted by Crippen LogP contribution is 2.06. The van der Waals surface area contributed by atoms with E-state index in [0.29, 0.717) is 6.42 Å². The summed E-state index contributed by atoms with van der Waals surface area (Å²) >= 11 is 0. The monoisotopic (exact) mass is 248 g/mol. The number of carbonyl (C=O) groups excluding carboxylic acids is 1. The van der Waals surface area contributed by atoms with Crippen molar-refractivity contribution in [1.29, 1.82) is 0 Å². The van der Waals surface area contributed by atoms with E-state index < -0.39 is 0 Å². The number of nitrogens with zero attached hydrogens (tertiary/aromatic N) is 1. The molecule has 1 aromatic carbocycles. The van der Waals surface area contributed by atoms with E-state index in [1.807, 2.05) is 25.2 Å². The van der Waals surface area contributed by atoms with Crippen molar-refractivity contribution in [3.8, 4) is 0 Å². The van der Waals surface area contributed by atoms with Crippen LogP contribution in [0.1, 0.15) is 31.7 Å². The van der Waals surface area contributed by atoms with Crippen molar-refractivity contribution in [2.45, 2.75) is 38.6 Å². The molecule has 0 bridgehead atoms. The van der Waals surface area contributed by atoms with Crippen LogP contribution in [0.4, 0.5) is 0 Å². The maximum Gasteiger partial charge on any atom is 0.239 e. The molecule has 3 nitrogen and oxygen atoms in total. The van der Waals surface area contributed by atoms with Crippen LogP contribution in [0.2, 0.25) is 0 Å². The number of rotatable bonds is 7. The zero-order valence-corrected chi connectivity index (χ0v) is 11.4. The molecule has 18 heavy (non-hydrogen) atoms. The molecule has 1 atom stereocenters. The van der Waals surface area contributed by atoms with Gasteiger partial charge in [0.15, 0.2) is 0 Å². The van der Waals surface area contributed by atoms with Gasteiger partial charge in [0, 0.05) is 13.6 Å². The molecular formula is C15H24N2O. The number of hydrogen-bond donors (Lipinski definition) is 1. The highest BCUT2D eigenvalue weighted by atomic mass is 16.2. The fraction of sp³-hybridized carbons (Fsp3) is 0.533. The number of nitrogens with two attached hydrogens (primary N) is 1. The number of carbonyl (C=O) groups is 1. The summed E-state index contributed by atoms with van der Waals surface area (Å²) < 4.78 is 0. The molecule has 3 heteroatoms. The lowest BCUT2D eigenvalue weighted by Crippen LogP contribution is -2.42. The van der Waals surface area contributed by atoms with Crippen LogP contribution in [0.25, 0.3) is 0 Å². The Kier molecular flexibility index (Phi) is 6.44. The first-order valence-corrected chi connectivity index (χ1v) is 6.69. The summed E-state index contributed by atoms with van der Waals surface area (Å²) in [6, 6.07) is 9.77. The molecule has 2 N–H and O–H groups in total. The molecule has 0 aliphatic heterocycles. The van der Waals surface area contributed by atoms with E-state index in [0.717, 1.165) is 25.8 Å². The van der Waals surface area contributed by atoms with Gasteiger partial charge in [-0.2, -0.15) is 0 Å². The summed E-state index contributed by atoms with van der Waals surface area (Å²) in [6.07, 6.45) is 3.69. The summed E-state index contributed by atoms with van der Waals surface area (Å²) in [5.74, 6) is 0.0550. The second-order valence-corrected chi connectivity index (χ2v) is 4.74. The maximum absolute atomic E-state index is 12.0. The summed E-state index contributed by atoms with van der Waals surface area (Å²) in [4.78, 5) is 13.7. The van der Waals surface area contributed by atoms with Gasteiger partial charge in [-0.1, -0.05) is 43.7 Å². The van der Waals surface area contributed by atoms with Crippen LogP contribution >= 0.6 is 0 Å². The van der Waals surface area contributed by atoms with Crippen LogP contribution in [-0.4, -0.2) is 30.4 Å². The van der Waals surface area contributed by atoms with Crippen LogP contribution in [0.3, 0.4) is 0 Å². The van der Waals surface area contributed by atoms with Crippen molar-refractivity contribution in [2.75, 3.05) is 13.6 Å². The first-order valence-electron chi connectivity index (χ1n) is 6.69. The van der Waals surface area contributed by atoms with E-state index in [2.05, 4.69) is 19.1 Å². The van der Waals surface area contributed by atoms with Crippen LogP contribution < -0.4 is 5.73 Å². The lowest BCUT2D eigenvalue weighted by Gasteiger charge is -2.21. The molecule has 100 valence electrons. The Labute approximate surface area is 110 Å². The Hall–Kier alpha value is -1.35. The van der Waals surface area contributed by atoms with E-state index in [4.69, 9.17) is 5.73 Å². The maximum atomic E-state index is 12.0. The van der Waals surface area contributed by atoms with Crippen LogP contribution in [-0.2, 0) is 11.2 Å². The molecule has 0 fully saturated rings. The fourth-order valence-corrected chi connectivity index (χ4v) is 1.88. The minimum atomic E-state index is -0.382. The molecule has 1 aromatic rings. The van der Waals surface area contributed by atoms with Gasteiger partial charge in [-0.15, -0.1) is 0 Å². The Morgan fingerprint density at radius 2 is 2.00 bits per heavy atom. The third kappa shape index (κ3) is 4.88. The van der Waals surface area contributed by atoms with Gasteiger partial charge >= 0.3 is 0 Å². The zero-order valence-electron chi connectivity index (χ0n) is 11.4. The zero-order chi connectivity index (χ0) is 13.4. The summed E-state index contributed by atoms with van der Waals surface area (Å²) in [6.45, 7) is 2.92. The largest absolute Gasteiger partial charge is 0.344 e. The minimum absolute atomic E-state index is 0.0550. The first kappa shape index (κ1) is 14.7. The van der Waals surface area contributed by atoms with Crippen molar-refractivity contribution in [1.82, 2.24) is 4.90 Å². The fourth-order valence-electron chi connectivity index (χ4n) is 1.88. The van der Waals surface area contributed by atoms with Crippen LogP contribution in [0.15, 0.2) is 30.3 Å². The van der Waals surface area contributed by atoms with E-state index in [1.54, 1.807) is 4.90 Å². The number of hydrogen-bond acceptors (Lipinski definition) is 2. The number of aryl methyl sites for hydroxylation is 1. The van der Waals surface area contributed by atoms with Crippen LogP contribution in [0, 0.1) is 0 Å². The molecule has 0 radical (unpaired) electrons. The Bertz CT molecular complexity index is 351. The highest BCUT2D eigenvalue weighted by Gasteiger charge is 2.17. The quantitative estimate of drug-likeness (QED) is 0.804. The molecule has 0 spiro atoms. The summed E-state index contributed by atoms with van der Waals surface area (Å²) in [5, 5.41) is 0. The average Bonchev–Trinajstić information content (AvgIpc) is 2.42. The van der Waals surface area contributed by atoms with Crippen molar-refractivity contribution in [3.63, 3.8) is 0 Å². The third-order valence-corrected chi connectivity index (χ3v) is 3.13. The van der Waals surface area contributed by atoms with E-state index in [9.17, 15) is 4.79 Å². The lowest BCUT2D eigenvalue weighted by atomic mass is 10.0. The van der Waals surface area contributed by atoms with Gasteiger partial charge in [0.25, 0.3) is 0 Å². The second-order valence-electron chi connectivity index (χ2n) is 4.74. The topological polar surface area (TPSA) is 46.3 Å². The van der Waals surface area contributed by atoms with Crippen molar-refractivity contribution >= 4 is 5.91 Å². The molecule has 0 aliphatic carbocycles. The first-order chi connectivity index (χ1) is 8.65. The van der Waals surface area contributed by atoms with Crippen LogP contribution in [0.5, 0.6) is 0 Å². The third-order valence-electron chi connectivity index (χ3n) is 3.13. The second kappa shape index (κ2) is 7.88. The number of likely N-dealkylation sites (N-methyl/N-ethyl adjacent to an activating group) is 1. The molecule has 0 heterocycles. The summed E-state index contributed by atoms with van der Waals surface area (Å²) in [5.41, 5.74) is 7.18. The molecule has 1 unspecified atom stereocenters. The van der Waals surface area contributed by atoms with Crippen molar-refractivity contribution in [3.05, 3.63) is 35.9 Å². The van der Waals surface area contributed by atoms with E-state index in [1.165, 1.54) is 5.56 Å². The normalized spacial score (nSPS) is 12.2. The van der Waals surface area contributed by atoms with Gasteiger partial charge in [0.05, 0.1) is 6.04 Å². The highest BCUT2D eigenvalue weighted by molar-refractivity contribution is 5.81. The Balaban J connectivity index is 2.35. The number of unbranched alkanes of at least 4 members (excludes halogenated alkanes) is 1. The smallest absolute Gasteiger partial charge is 0.239 e. The van der Waals surface area contributed by atoms with Gasteiger partial charge in [0.2, 0.25) is 5.91 Å². The minimum Gasteiger partial charge on any atom is -0.344 e. The lowest BCUT2D eigenvalue weighted by molar-refractivity contribution is -0.131. The molecule has 0 aliphatic rings. The molecule has 0 aromatic heterocycles. The van der Waals surface area contributed by atoms with Gasteiger partial charge in [-0.3, -0.25) is 4.79 Å². The summed E-state index contributed by atoms with van der Waals surface area (Å²) in [7, 11) is 1.83. The molecular weight excluding hydrogens is 224 g/mol. The van der Waals surface area contributed by atoms with Gasteiger partial charge < -0.3 is 10.6 Å². The predicted molar refractivity (Wildman–Crippen MR) is 75.3 cm³/mol. The molecule has 1 amide bonds. The Morgan fingerprint density at radius 3 is 2.61 bits per heavy atom. The number of benzene rings is 1. The number of amides is 1. The molecule has 0 saturated heterocycles. The SMILES string of the molecule is CCCCN(C)C(=O)C(N)CCc1ccccc1. The average molecular weight is 248 g/mol. The van der Waals surface area contributed by atoms with E-state index in [-0.39, 0.29) is 11.9 Å². The standard InChI is InChI=1S/C15H24N2O/c1-3-4-12-17(2)15(18)14(16)11-10-13-8-6-5-7-9-13/h5-9,14H,3-4,10-12,16H2,1-2H3. The Morgan fingerprint density at radius 1 is 1.33 bits per heavy atom. The molecule has 1 rings (SSSR count). The van der Waals surface area contributed by atoms with Gasteiger partial charge in [0.1, 0.15) is 0 Å². The van der Waals surface area contributed by atoms with Crippen molar-refractivity contribution < 1.29 is 4.79 Å². The van der Waals surface area contributed by atoms with Gasteiger partial charge in [-0.25, -0.2) is 0 Å². The van der Waals surface area contributed by atoms with E-state index >= 15 is 0 Å². The van der Waals surface area contributed by atoms with Gasteiger partial charge in [-0.05, 0) is 24.8 Å². The molecule has 0 saturated carbocycles. The predicted octanol–water partition coefficient (Wildman–Crippen LogP) is 2.21.